The average Bonchev–Trinajstić information content (AvgIpc) is 3.37. The molecule has 1 aliphatic carbocycles. The maximum Gasteiger partial charge on any atom is 0.136 e. The van der Waals surface area contributed by atoms with E-state index < -0.39 is 0 Å². The third-order valence-corrected chi connectivity index (χ3v) is 6.90. The fraction of sp³-hybridized carbons (Fsp3) is 0.0714. The van der Waals surface area contributed by atoms with Gasteiger partial charge in [0, 0.05) is 38.4 Å². The van der Waals surface area contributed by atoms with Crippen LogP contribution in [0.2, 0.25) is 5.02 Å². The summed E-state index contributed by atoms with van der Waals surface area (Å²) in [6.45, 7) is 0. The standard InChI is InChI=1S/C28H17ClO3/c29-20-10-9-18(26-21(30)11-12-23-27(26)17-7-3-4-8-22(17)31-23)28-25(20)19-13-15-5-1-2-6-16(15)14-24(19)32-28/h1-14,19,24,30H. The molecule has 7 rings (SSSR count). The number of hydrogen-bond donors (Lipinski definition) is 1. The van der Waals surface area contributed by atoms with E-state index in [4.69, 9.17) is 20.8 Å². The summed E-state index contributed by atoms with van der Waals surface area (Å²) in [7, 11) is 0. The minimum absolute atomic E-state index is 0.0230. The second-order valence-electron chi connectivity index (χ2n) is 8.34. The number of phenolic OH excluding ortho intramolecular Hbond substituents is 1. The molecule has 2 heterocycles. The van der Waals surface area contributed by atoms with Gasteiger partial charge in [-0.05, 0) is 46.8 Å². The summed E-state index contributed by atoms with van der Waals surface area (Å²) in [5.74, 6) is 0.930. The summed E-state index contributed by atoms with van der Waals surface area (Å²) in [4.78, 5) is 0. The van der Waals surface area contributed by atoms with Gasteiger partial charge in [-0.1, -0.05) is 60.1 Å². The van der Waals surface area contributed by atoms with Gasteiger partial charge in [-0.2, -0.15) is 0 Å². The minimum atomic E-state index is -0.138. The molecule has 4 heteroatoms. The molecule has 3 nitrogen and oxygen atoms in total. The van der Waals surface area contributed by atoms with Gasteiger partial charge < -0.3 is 14.3 Å². The molecule has 0 bridgehead atoms. The van der Waals surface area contributed by atoms with Crippen LogP contribution in [0, 0.1) is 0 Å². The molecule has 1 N–H and O–H groups in total. The van der Waals surface area contributed by atoms with Crippen molar-refractivity contribution in [3.63, 3.8) is 0 Å². The predicted octanol–water partition coefficient (Wildman–Crippen LogP) is 5.73. The Kier molecular flexibility index (Phi) is 3.59. The molecule has 0 saturated heterocycles. The zero-order valence-electron chi connectivity index (χ0n) is 16.9. The van der Waals surface area contributed by atoms with E-state index in [9.17, 15) is 5.11 Å². The van der Waals surface area contributed by atoms with Gasteiger partial charge in [0.25, 0.3) is 0 Å². The SMILES string of the molecule is Oc1ccc2oc3ccccc3c2c1-c1ccc(Cl)c2c1OC1C=c3ccccc3=CC21. The summed E-state index contributed by atoms with van der Waals surface area (Å²) in [6.07, 6.45) is 4.25. The van der Waals surface area contributed by atoms with Crippen molar-refractivity contribution in [3.8, 4) is 22.6 Å². The van der Waals surface area contributed by atoms with Crippen LogP contribution in [0.5, 0.6) is 11.5 Å². The molecule has 32 heavy (non-hydrogen) atoms. The second-order valence-corrected chi connectivity index (χ2v) is 8.75. The van der Waals surface area contributed by atoms with E-state index in [1.54, 1.807) is 6.07 Å². The highest BCUT2D eigenvalue weighted by Gasteiger charge is 2.37. The third-order valence-electron chi connectivity index (χ3n) is 6.57. The Hall–Kier alpha value is -3.69. The molecule has 0 spiro atoms. The zero-order valence-corrected chi connectivity index (χ0v) is 17.6. The molecule has 2 aliphatic rings. The first-order valence-electron chi connectivity index (χ1n) is 10.6. The average molecular weight is 437 g/mol. The first kappa shape index (κ1) is 17.9. The van der Waals surface area contributed by atoms with E-state index in [0.717, 1.165) is 44.0 Å². The number of halogens is 1. The Morgan fingerprint density at radius 1 is 0.781 bits per heavy atom. The molecule has 5 aromatic rings. The maximum atomic E-state index is 11.0. The van der Waals surface area contributed by atoms with E-state index in [1.165, 1.54) is 5.22 Å². The van der Waals surface area contributed by atoms with E-state index in [1.807, 2.05) is 54.6 Å². The number of para-hydroxylation sites is 1. The van der Waals surface area contributed by atoms with Gasteiger partial charge in [0.1, 0.15) is 28.8 Å². The van der Waals surface area contributed by atoms with Crippen LogP contribution in [0.3, 0.4) is 0 Å². The van der Waals surface area contributed by atoms with Crippen LogP contribution in [0.1, 0.15) is 11.5 Å². The molecule has 0 saturated carbocycles. The quantitative estimate of drug-likeness (QED) is 0.365. The van der Waals surface area contributed by atoms with Gasteiger partial charge >= 0.3 is 0 Å². The summed E-state index contributed by atoms with van der Waals surface area (Å²) >= 11 is 6.71. The maximum absolute atomic E-state index is 11.0. The lowest BCUT2D eigenvalue weighted by Crippen LogP contribution is -2.34. The Morgan fingerprint density at radius 2 is 1.56 bits per heavy atom. The molecule has 0 fully saturated rings. The smallest absolute Gasteiger partial charge is 0.136 e. The Balaban J connectivity index is 1.53. The Morgan fingerprint density at radius 3 is 2.44 bits per heavy atom. The van der Waals surface area contributed by atoms with Crippen molar-refractivity contribution in [3.05, 3.63) is 93.8 Å². The highest BCUT2D eigenvalue weighted by molar-refractivity contribution is 6.32. The number of fused-ring (bicyclic) bond motifs is 7. The first-order valence-corrected chi connectivity index (χ1v) is 11.0. The molecule has 1 aromatic heterocycles. The van der Waals surface area contributed by atoms with Crippen LogP contribution in [-0.2, 0) is 0 Å². The minimum Gasteiger partial charge on any atom is -0.507 e. The number of aromatic hydroxyl groups is 1. The van der Waals surface area contributed by atoms with Gasteiger partial charge in [0.15, 0.2) is 0 Å². The van der Waals surface area contributed by atoms with Gasteiger partial charge in [-0.25, -0.2) is 0 Å². The van der Waals surface area contributed by atoms with Crippen LogP contribution in [-0.4, -0.2) is 11.2 Å². The molecule has 2 unspecified atom stereocenters. The molecule has 0 radical (unpaired) electrons. The van der Waals surface area contributed by atoms with Gasteiger partial charge in [-0.3, -0.25) is 0 Å². The number of hydrogen-bond acceptors (Lipinski definition) is 3. The normalized spacial score (nSPS) is 18.4. The van der Waals surface area contributed by atoms with Crippen LogP contribution < -0.4 is 15.2 Å². The molecule has 2 atom stereocenters. The van der Waals surface area contributed by atoms with Crippen molar-refractivity contribution >= 4 is 45.7 Å². The fourth-order valence-corrected chi connectivity index (χ4v) is 5.44. The summed E-state index contributed by atoms with van der Waals surface area (Å²) in [6, 6.07) is 23.5. The molecule has 1 aliphatic heterocycles. The van der Waals surface area contributed by atoms with E-state index in [0.29, 0.717) is 10.6 Å². The number of rotatable bonds is 1. The van der Waals surface area contributed by atoms with Gasteiger partial charge in [0.05, 0.1) is 0 Å². The van der Waals surface area contributed by atoms with Crippen molar-refractivity contribution in [2.24, 2.45) is 0 Å². The lowest BCUT2D eigenvalue weighted by Gasteiger charge is -2.16. The lowest BCUT2D eigenvalue weighted by molar-refractivity contribution is 0.289. The van der Waals surface area contributed by atoms with Crippen molar-refractivity contribution < 1.29 is 14.3 Å². The monoisotopic (exact) mass is 436 g/mol. The molecular formula is C28H17ClO3. The second kappa shape index (κ2) is 6.41. The number of furan rings is 1. The molecule has 4 aromatic carbocycles. The van der Waals surface area contributed by atoms with Crippen LogP contribution in [0.15, 0.2) is 77.2 Å². The van der Waals surface area contributed by atoms with E-state index >= 15 is 0 Å². The highest BCUT2D eigenvalue weighted by Crippen LogP contribution is 2.53. The van der Waals surface area contributed by atoms with Crippen molar-refractivity contribution in [2.45, 2.75) is 12.0 Å². The van der Waals surface area contributed by atoms with Gasteiger partial charge in [-0.15, -0.1) is 0 Å². The summed E-state index contributed by atoms with van der Waals surface area (Å²) < 4.78 is 12.6. The number of benzene rings is 4. The first-order chi connectivity index (χ1) is 15.7. The van der Waals surface area contributed by atoms with Crippen LogP contribution >= 0.6 is 11.6 Å². The van der Waals surface area contributed by atoms with Gasteiger partial charge in [0.2, 0.25) is 0 Å². The number of phenols is 1. The molecular weight excluding hydrogens is 420 g/mol. The summed E-state index contributed by atoms with van der Waals surface area (Å²) in [5, 5.41) is 15.8. The third kappa shape index (κ3) is 2.37. The van der Waals surface area contributed by atoms with Crippen molar-refractivity contribution in [2.75, 3.05) is 0 Å². The Bertz CT molecular complexity index is 1700. The highest BCUT2D eigenvalue weighted by atomic mass is 35.5. The van der Waals surface area contributed by atoms with E-state index in [-0.39, 0.29) is 17.8 Å². The molecule has 154 valence electrons. The Labute approximate surface area is 188 Å². The molecule has 0 amide bonds. The lowest BCUT2D eigenvalue weighted by atomic mass is 9.88. The van der Waals surface area contributed by atoms with Crippen LogP contribution in [0.25, 0.3) is 45.2 Å². The number of ether oxygens (including phenoxy) is 1. The van der Waals surface area contributed by atoms with Crippen molar-refractivity contribution in [1.29, 1.82) is 0 Å². The largest absolute Gasteiger partial charge is 0.507 e. The van der Waals surface area contributed by atoms with Crippen molar-refractivity contribution in [1.82, 2.24) is 0 Å². The predicted molar refractivity (Wildman–Crippen MR) is 128 cm³/mol. The van der Waals surface area contributed by atoms with E-state index in [2.05, 4.69) is 24.3 Å². The van der Waals surface area contributed by atoms with Crippen LogP contribution in [0.4, 0.5) is 0 Å². The zero-order chi connectivity index (χ0) is 21.4. The summed E-state index contributed by atoms with van der Waals surface area (Å²) in [5.41, 5.74) is 4.00. The fourth-order valence-electron chi connectivity index (χ4n) is 5.16. The topological polar surface area (TPSA) is 42.6 Å².